The van der Waals surface area contributed by atoms with Gasteiger partial charge in [-0.05, 0) is 57.8 Å². The molecule has 1 aliphatic heterocycles. The number of ether oxygens (including phenoxy) is 2. The van der Waals surface area contributed by atoms with Crippen LogP contribution in [0.1, 0.15) is 296 Å². The monoisotopic (exact) mass is 1060 g/mol. The van der Waals surface area contributed by atoms with E-state index in [2.05, 4.69) is 67.8 Å². The second-order valence-electron chi connectivity index (χ2n) is 22.2. The standard InChI is InChI=1S/C66H121NO8/c1-3-5-7-9-11-13-15-17-19-20-21-22-23-24-25-26-27-28-29-30-31-32-33-34-35-36-37-38-39-40-42-44-46-48-50-52-54-56-62(70)67-59(58-74-66-65(73)64(72)63(71)61(57-68)75-66)60(69)55-53-51-49-47-45-43-41-18-16-14-12-10-8-6-4-2/h5,7,11,13,17,19,21-22,53,55,59-61,63-66,68-69,71-73H,3-4,6,8-10,12,14-16,18,20,23-52,54,56-58H2,1-2H3,(H,67,70)/b7-5-,13-11-,19-17-,22-21-,55-53+. The summed E-state index contributed by atoms with van der Waals surface area (Å²) in [5.74, 6) is -0.173. The van der Waals surface area contributed by atoms with Crippen LogP contribution < -0.4 is 5.32 Å². The lowest BCUT2D eigenvalue weighted by Gasteiger charge is -2.40. The highest BCUT2D eigenvalue weighted by atomic mass is 16.7. The molecule has 7 unspecified atom stereocenters. The first-order valence-corrected chi connectivity index (χ1v) is 32.0. The van der Waals surface area contributed by atoms with E-state index in [0.717, 1.165) is 64.2 Å². The molecular weight excluding hydrogens is 935 g/mol. The number of amides is 1. The maximum Gasteiger partial charge on any atom is 0.220 e. The molecule has 75 heavy (non-hydrogen) atoms. The van der Waals surface area contributed by atoms with Crippen LogP contribution in [0.25, 0.3) is 0 Å². The van der Waals surface area contributed by atoms with Crippen molar-refractivity contribution >= 4 is 5.91 Å². The average Bonchev–Trinajstić information content (AvgIpc) is 3.41. The fourth-order valence-corrected chi connectivity index (χ4v) is 10.1. The van der Waals surface area contributed by atoms with Gasteiger partial charge in [0.2, 0.25) is 5.91 Å². The minimum absolute atomic E-state index is 0.173. The first-order chi connectivity index (χ1) is 36.8. The van der Waals surface area contributed by atoms with Crippen molar-refractivity contribution in [2.75, 3.05) is 13.2 Å². The van der Waals surface area contributed by atoms with Gasteiger partial charge >= 0.3 is 0 Å². The van der Waals surface area contributed by atoms with Crippen LogP contribution in [0, 0.1) is 0 Å². The fourth-order valence-electron chi connectivity index (χ4n) is 10.1. The van der Waals surface area contributed by atoms with E-state index in [4.69, 9.17) is 9.47 Å². The van der Waals surface area contributed by atoms with E-state index in [9.17, 15) is 30.3 Å². The van der Waals surface area contributed by atoms with Gasteiger partial charge in [-0.3, -0.25) is 4.79 Å². The number of aliphatic hydroxyl groups is 5. The summed E-state index contributed by atoms with van der Waals surface area (Å²) in [5.41, 5.74) is 0. The Morgan fingerprint density at radius 3 is 1.23 bits per heavy atom. The van der Waals surface area contributed by atoms with E-state index in [-0.39, 0.29) is 12.5 Å². The van der Waals surface area contributed by atoms with Crippen molar-refractivity contribution in [3.8, 4) is 0 Å². The van der Waals surface area contributed by atoms with Gasteiger partial charge in [0.25, 0.3) is 0 Å². The molecule has 1 amide bonds. The van der Waals surface area contributed by atoms with Crippen LogP contribution in [0.2, 0.25) is 0 Å². The van der Waals surface area contributed by atoms with Gasteiger partial charge in [-0.1, -0.05) is 293 Å². The molecular formula is C66H121NO8. The molecule has 0 aliphatic carbocycles. The Labute approximate surface area is 462 Å². The zero-order valence-corrected chi connectivity index (χ0v) is 48.8. The molecule has 1 heterocycles. The average molecular weight is 1060 g/mol. The van der Waals surface area contributed by atoms with E-state index in [1.54, 1.807) is 6.08 Å². The molecule has 0 radical (unpaired) electrons. The van der Waals surface area contributed by atoms with Crippen LogP contribution in [0.3, 0.4) is 0 Å². The Morgan fingerprint density at radius 2 is 0.827 bits per heavy atom. The SMILES string of the molecule is CC/C=C\C/C=C\C/C=C\C/C=C\CCCCCCCCCCCCCCCCCCCCCCCCCCC(=O)NC(COC1OC(CO)C(O)C(O)C1O)C(O)/C=C/CCCCCCCCCCCCCCC. The molecule has 0 saturated carbocycles. The maximum atomic E-state index is 13.1. The molecule has 0 bridgehead atoms. The smallest absolute Gasteiger partial charge is 0.220 e. The number of hydrogen-bond donors (Lipinski definition) is 6. The van der Waals surface area contributed by atoms with Gasteiger partial charge < -0.3 is 40.3 Å². The van der Waals surface area contributed by atoms with Gasteiger partial charge in [-0.15, -0.1) is 0 Å². The van der Waals surface area contributed by atoms with Crippen LogP contribution in [0.15, 0.2) is 60.8 Å². The van der Waals surface area contributed by atoms with Crippen molar-refractivity contribution in [2.24, 2.45) is 0 Å². The summed E-state index contributed by atoms with van der Waals surface area (Å²) in [7, 11) is 0. The van der Waals surface area contributed by atoms with Gasteiger partial charge in [0.15, 0.2) is 6.29 Å². The molecule has 1 aliphatic rings. The van der Waals surface area contributed by atoms with Crippen molar-refractivity contribution in [1.29, 1.82) is 0 Å². The molecule has 0 spiro atoms. The Hall–Kier alpha value is -2.11. The number of nitrogens with one attached hydrogen (secondary N) is 1. The number of rotatable bonds is 55. The van der Waals surface area contributed by atoms with Crippen molar-refractivity contribution < 1.29 is 39.8 Å². The van der Waals surface area contributed by atoms with Crippen LogP contribution in [0.5, 0.6) is 0 Å². The molecule has 9 heteroatoms. The summed E-state index contributed by atoms with van der Waals surface area (Å²) in [6.45, 7) is 3.69. The first-order valence-electron chi connectivity index (χ1n) is 32.0. The lowest BCUT2D eigenvalue weighted by atomic mass is 9.99. The van der Waals surface area contributed by atoms with E-state index >= 15 is 0 Å². The lowest BCUT2D eigenvalue weighted by molar-refractivity contribution is -0.302. The second kappa shape index (κ2) is 55.2. The summed E-state index contributed by atoms with van der Waals surface area (Å²) in [6, 6.07) is -0.804. The summed E-state index contributed by atoms with van der Waals surface area (Å²) < 4.78 is 11.3. The summed E-state index contributed by atoms with van der Waals surface area (Å²) in [4.78, 5) is 13.1. The lowest BCUT2D eigenvalue weighted by Crippen LogP contribution is -2.60. The largest absolute Gasteiger partial charge is 0.394 e. The van der Waals surface area contributed by atoms with Gasteiger partial charge in [-0.2, -0.15) is 0 Å². The van der Waals surface area contributed by atoms with Gasteiger partial charge in [0.1, 0.15) is 24.4 Å². The number of carbonyl (C=O) groups is 1. The van der Waals surface area contributed by atoms with E-state index in [0.29, 0.717) is 6.42 Å². The van der Waals surface area contributed by atoms with Crippen LogP contribution >= 0.6 is 0 Å². The molecule has 1 saturated heterocycles. The Bertz CT molecular complexity index is 1360. The minimum atomic E-state index is -1.57. The molecule has 1 rings (SSSR count). The number of unbranched alkanes of at least 4 members (excludes halogenated alkanes) is 37. The minimum Gasteiger partial charge on any atom is -0.394 e. The third-order valence-electron chi connectivity index (χ3n) is 15.1. The maximum absolute atomic E-state index is 13.1. The van der Waals surface area contributed by atoms with Crippen LogP contribution in [-0.2, 0) is 14.3 Å². The van der Waals surface area contributed by atoms with Crippen LogP contribution in [0.4, 0.5) is 0 Å². The van der Waals surface area contributed by atoms with Gasteiger partial charge in [-0.25, -0.2) is 0 Å². The molecule has 0 aromatic rings. The molecule has 1 fully saturated rings. The molecule has 0 aromatic heterocycles. The topological polar surface area (TPSA) is 149 Å². The molecule has 0 aromatic carbocycles. The van der Waals surface area contributed by atoms with Crippen molar-refractivity contribution in [1.82, 2.24) is 5.32 Å². The second-order valence-corrected chi connectivity index (χ2v) is 22.2. The van der Waals surface area contributed by atoms with Crippen molar-refractivity contribution in [3.63, 3.8) is 0 Å². The Balaban J connectivity index is 2.07. The number of carbonyl (C=O) groups excluding carboxylic acids is 1. The fraction of sp³-hybridized carbons (Fsp3) is 0.833. The van der Waals surface area contributed by atoms with E-state index in [1.165, 1.54) is 212 Å². The highest BCUT2D eigenvalue weighted by Gasteiger charge is 2.44. The Morgan fingerprint density at radius 1 is 0.467 bits per heavy atom. The Kier molecular flexibility index (Phi) is 52.2. The zero-order chi connectivity index (χ0) is 54.3. The number of hydrogen-bond acceptors (Lipinski definition) is 8. The number of allylic oxidation sites excluding steroid dienone is 9. The third-order valence-corrected chi connectivity index (χ3v) is 15.1. The summed E-state index contributed by atoms with van der Waals surface area (Å²) in [6.07, 6.45) is 68.9. The van der Waals surface area contributed by atoms with Crippen molar-refractivity contribution in [2.45, 2.75) is 339 Å². The summed E-state index contributed by atoms with van der Waals surface area (Å²) >= 11 is 0. The summed E-state index contributed by atoms with van der Waals surface area (Å²) in [5, 5.41) is 54.5. The number of aliphatic hydroxyl groups excluding tert-OH is 5. The molecule has 6 N–H and O–H groups in total. The first kappa shape index (κ1) is 70.9. The van der Waals surface area contributed by atoms with Gasteiger partial charge in [0, 0.05) is 6.42 Å². The predicted molar refractivity (Wildman–Crippen MR) is 318 cm³/mol. The third kappa shape index (κ3) is 44.4. The highest BCUT2D eigenvalue weighted by molar-refractivity contribution is 5.76. The zero-order valence-electron chi connectivity index (χ0n) is 48.8. The molecule has 7 atom stereocenters. The predicted octanol–water partition coefficient (Wildman–Crippen LogP) is 16.6. The van der Waals surface area contributed by atoms with Gasteiger partial charge in [0.05, 0.1) is 25.4 Å². The molecule has 9 nitrogen and oxygen atoms in total. The van der Waals surface area contributed by atoms with Crippen LogP contribution in [-0.4, -0.2) is 87.5 Å². The quantitative estimate of drug-likeness (QED) is 0.0261. The highest BCUT2D eigenvalue weighted by Crippen LogP contribution is 2.23. The van der Waals surface area contributed by atoms with E-state index < -0.39 is 49.5 Å². The normalized spacial score (nSPS) is 19.3. The van der Waals surface area contributed by atoms with E-state index in [1.807, 2.05) is 6.08 Å². The van der Waals surface area contributed by atoms with Crippen molar-refractivity contribution in [3.05, 3.63) is 60.8 Å². The molecule has 438 valence electrons.